The highest BCUT2D eigenvalue weighted by Crippen LogP contribution is 2.28. The van der Waals surface area contributed by atoms with Crippen LogP contribution in [-0.2, 0) is 6.42 Å². The van der Waals surface area contributed by atoms with Crippen LogP contribution in [0.15, 0.2) is 36.5 Å². The number of halogens is 1. The normalized spacial score (nSPS) is 18.5. The highest BCUT2D eigenvalue weighted by molar-refractivity contribution is 7.18. The molecule has 0 bridgehead atoms. The monoisotopic (exact) mass is 341 g/mol. The van der Waals surface area contributed by atoms with Crippen LogP contribution in [0.3, 0.4) is 0 Å². The Balaban J connectivity index is 1.53. The van der Waals surface area contributed by atoms with Crippen LogP contribution < -0.4 is 0 Å². The van der Waals surface area contributed by atoms with E-state index < -0.39 is 5.95 Å². The Morgan fingerprint density at radius 3 is 2.88 bits per heavy atom. The summed E-state index contributed by atoms with van der Waals surface area (Å²) < 4.78 is 14.2. The highest BCUT2D eigenvalue weighted by Gasteiger charge is 2.20. The Labute approximate surface area is 145 Å². The SMILES string of the molecule is CC1CCCN1CCc1nc2ccc(-c3ccc(F)nc3)cc2s1. The fourth-order valence-electron chi connectivity index (χ4n) is 3.37. The maximum absolute atomic E-state index is 13.0. The molecule has 0 amide bonds. The molecule has 1 aliphatic heterocycles. The standard InChI is InChI=1S/C19H20FN3S/c1-13-3-2-9-23(13)10-8-19-22-16-6-4-14(11-17(16)24-19)15-5-7-18(20)21-12-15/h4-7,11-13H,2-3,8-10H2,1H3. The topological polar surface area (TPSA) is 29.0 Å². The predicted molar refractivity (Wildman–Crippen MR) is 96.8 cm³/mol. The van der Waals surface area contributed by atoms with Gasteiger partial charge in [-0.25, -0.2) is 9.97 Å². The lowest BCUT2D eigenvalue weighted by atomic mass is 10.1. The molecule has 24 heavy (non-hydrogen) atoms. The number of fused-ring (bicyclic) bond motifs is 1. The maximum atomic E-state index is 13.0. The van der Waals surface area contributed by atoms with Crippen molar-refractivity contribution in [3.63, 3.8) is 0 Å². The van der Waals surface area contributed by atoms with Crippen LogP contribution in [0.1, 0.15) is 24.8 Å². The van der Waals surface area contributed by atoms with Gasteiger partial charge in [0.2, 0.25) is 5.95 Å². The van der Waals surface area contributed by atoms with Crippen molar-refractivity contribution in [3.05, 3.63) is 47.5 Å². The van der Waals surface area contributed by atoms with E-state index in [0.29, 0.717) is 6.04 Å². The number of hydrogen-bond acceptors (Lipinski definition) is 4. The molecule has 0 spiro atoms. The van der Waals surface area contributed by atoms with E-state index in [0.717, 1.165) is 29.6 Å². The Bertz CT molecular complexity index is 843. The Hall–Kier alpha value is -1.85. The molecule has 5 heteroatoms. The number of likely N-dealkylation sites (tertiary alicyclic amines) is 1. The fourth-order valence-corrected chi connectivity index (χ4v) is 4.36. The van der Waals surface area contributed by atoms with Crippen molar-refractivity contribution in [2.45, 2.75) is 32.2 Å². The van der Waals surface area contributed by atoms with Gasteiger partial charge in [-0.1, -0.05) is 6.07 Å². The van der Waals surface area contributed by atoms with Gasteiger partial charge in [-0.15, -0.1) is 11.3 Å². The second-order valence-electron chi connectivity index (χ2n) is 6.44. The summed E-state index contributed by atoms with van der Waals surface area (Å²) in [7, 11) is 0. The first-order valence-electron chi connectivity index (χ1n) is 8.44. The smallest absolute Gasteiger partial charge is 0.212 e. The Morgan fingerprint density at radius 1 is 1.25 bits per heavy atom. The molecule has 0 N–H and O–H groups in total. The minimum atomic E-state index is -0.448. The van der Waals surface area contributed by atoms with Crippen molar-refractivity contribution >= 4 is 21.6 Å². The summed E-state index contributed by atoms with van der Waals surface area (Å²) in [6.45, 7) is 4.62. The van der Waals surface area contributed by atoms with Gasteiger partial charge in [-0.2, -0.15) is 4.39 Å². The minimum absolute atomic E-state index is 0.448. The molecule has 3 nitrogen and oxygen atoms in total. The van der Waals surface area contributed by atoms with Gasteiger partial charge in [0, 0.05) is 30.8 Å². The first-order valence-corrected chi connectivity index (χ1v) is 9.26. The van der Waals surface area contributed by atoms with Crippen LogP contribution in [-0.4, -0.2) is 34.0 Å². The minimum Gasteiger partial charge on any atom is -0.300 e. The summed E-state index contributed by atoms with van der Waals surface area (Å²) in [6, 6.07) is 10.1. The van der Waals surface area contributed by atoms with Gasteiger partial charge in [-0.3, -0.25) is 0 Å². The molecule has 0 saturated carbocycles. The summed E-state index contributed by atoms with van der Waals surface area (Å²) in [5, 5.41) is 1.19. The van der Waals surface area contributed by atoms with Gasteiger partial charge < -0.3 is 4.90 Å². The number of pyridine rings is 1. The third kappa shape index (κ3) is 3.19. The van der Waals surface area contributed by atoms with Crippen LogP contribution in [0.4, 0.5) is 4.39 Å². The van der Waals surface area contributed by atoms with E-state index in [4.69, 9.17) is 4.98 Å². The molecular formula is C19H20FN3S. The second kappa shape index (κ2) is 6.57. The average molecular weight is 341 g/mol. The zero-order valence-electron chi connectivity index (χ0n) is 13.7. The first-order chi connectivity index (χ1) is 11.7. The van der Waals surface area contributed by atoms with Gasteiger partial charge in [-0.05, 0) is 56.1 Å². The van der Waals surface area contributed by atoms with Gasteiger partial charge in [0.15, 0.2) is 0 Å². The number of hydrogen-bond donors (Lipinski definition) is 0. The molecule has 124 valence electrons. The molecule has 3 heterocycles. The average Bonchev–Trinajstić information content (AvgIpc) is 3.18. The zero-order valence-corrected chi connectivity index (χ0v) is 14.5. The third-order valence-corrected chi connectivity index (χ3v) is 5.87. The molecule has 1 fully saturated rings. The molecule has 1 aromatic carbocycles. The van der Waals surface area contributed by atoms with Crippen LogP contribution in [0, 0.1) is 5.95 Å². The van der Waals surface area contributed by atoms with E-state index in [1.807, 2.05) is 12.1 Å². The fraction of sp³-hybridized carbons (Fsp3) is 0.368. The molecule has 0 aliphatic carbocycles. The molecule has 3 aromatic rings. The Kier molecular flexibility index (Phi) is 4.29. The number of aromatic nitrogens is 2. The highest BCUT2D eigenvalue weighted by atomic mass is 32.1. The molecule has 1 unspecified atom stereocenters. The lowest BCUT2D eigenvalue weighted by Gasteiger charge is -2.19. The molecule has 1 saturated heterocycles. The van der Waals surface area contributed by atoms with E-state index in [9.17, 15) is 4.39 Å². The van der Waals surface area contributed by atoms with Crippen molar-refractivity contribution < 1.29 is 4.39 Å². The van der Waals surface area contributed by atoms with Crippen LogP contribution in [0.5, 0.6) is 0 Å². The van der Waals surface area contributed by atoms with Gasteiger partial charge in [0.1, 0.15) is 0 Å². The van der Waals surface area contributed by atoms with Crippen molar-refractivity contribution in [3.8, 4) is 11.1 Å². The quantitative estimate of drug-likeness (QED) is 0.653. The predicted octanol–water partition coefficient (Wildman–Crippen LogP) is 4.52. The van der Waals surface area contributed by atoms with Crippen molar-refractivity contribution in [1.29, 1.82) is 0 Å². The molecule has 4 rings (SSSR count). The lowest BCUT2D eigenvalue weighted by Crippen LogP contribution is -2.28. The lowest BCUT2D eigenvalue weighted by molar-refractivity contribution is 0.272. The summed E-state index contributed by atoms with van der Waals surface area (Å²) in [5.41, 5.74) is 3.03. The second-order valence-corrected chi connectivity index (χ2v) is 7.55. The molecular weight excluding hydrogens is 321 g/mol. The summed E-state index contributed by atoms with van der Waals surface area (Å²) in [5.74, 6) is -0.448. The van der Waals surface area contributed by atoms with E-state index >= 15 is 0 Å². The van der Waals surface area contributed by atoms with Crippen LogP contribution in [0.25, 0.3) is 21.3 Å². The molecule has 0 radical (unpaired) electrons. The van der Waals surface area contributed by atoms with Crippen molar-refractivity contribution in [1.82, 2.24) is 14.9 Å². The van der Waals surface area contributed by atoms with Gasteiger partial charge >= 0.3 is 0 Å². The summed E-state index contributed by atoms with van der Waals surface area (Å²) in [4.78, 5) is 11.1. The van der Waals surface area contributed by atoms with Crippen molar-refractivity contribution in [2.24, 2.45) is 0 Å². The maximum Gasteiger partial charge on any atom is 0.212 e. The van der Waals surface area contributed by atoms with Crippen molar-refractivity contribution in [2.75, 3.05) is 13.1 Å². The largest absolute Gasteiger partial charge is 0.300 e. The van der Waals surface area contributed by atoms with E-state index in [1.165, 1.54) is 35.2 Å². The number of thiazole rings is 1. The molecule has 1 atom stereocenters. The summed E-state index contributed by atoms with van der Waals surface area (Å²) in [6.07, 6.45) is 5.22. The van der Waals surface area contributed by atoms with E-state index in [-0.39, 0.29) is 0 Å². The molecule has 1 aliphatic rings. The first kappa shape index (κ1) is 15.7. The summed E-state index contributed by atoms with van der Waals surface area (Å²) >= 11 is 1.76. The Morgan fingerprint density at radius 2 is 2.12 bits per heavy atom. The van der Waals surface area contributed by atoms with Crippen LogP contribution in [0.2, 0.25) is 0 Å². The van der Waals surface area contributed by atoms with Gasteiger partial charge in [0.25, 0.3) is 0 Å². The zero-order chi connectivity index (χ0) is 16.5. The van der Waals surface area contributed by atoms with E-state index in [1.54, 1.807) is 23.6 Å². The number of benzene rings is 1. The van der Waals surface area contributed by atoms with Crippen LogP contribution >= 0.6 is 11.3 Å². The third-order valence-electron chi connectivity index (χ3n) is 4.80. The molecule has 2 aromatic heterocycles. The number of rotatable bonds is 4. The van der Waals surface area contributed by atoms with E-state index in [2.05, 4.69) is 22.9 Å². The number of nitrogens with zero attached hydrogens (tertiary/aromatic N) is 3. The van der Waals surface area contributed by atoms with Gasteiger partial charge in [0.05, 0.1) is 15.2 Å².